The second-order valence-corrected chi connectivity index (χ2v) is 7.34. The molecule has 0 aliphatic heterocycles. The molecule has 0 saturated heterocycles. The molecular weight excluding hydrogens is 388 g/mol. The number of hydrogen-bond acceptors (Lipinski definition) is 3. The van der Waals surface area contributed by atoms with E-state index in [1.165, 1.54) is 5.56 Å². The number of hydrogen-bond donors (Lipinski definition) is 2. The summed E-state index contributed by atoms with van der Waals surface area (Å²) in [6, 6.07) is 26.3. The van der Waals surface area contributed by atoms with Gasteiger partial charge in [0, 0.05) is 18.2 Å². The predicted octanol–water partition coefficient (Wildman–Crippen LogP) is 5.02. The number of para-hydroxylation sites is 2. The molecular formula is C26H28N2O3. The zero-order valence-corrected chi connectivity index (χ0v) is 17.9. The third-order valence-electron chi connectivity index (χ3n) is 5.12. The Bertz CT molecular complexity index is 990. The fourth-order valence-electron chi connectivity index (χ4n) is 3.31. The van der Waals surface area contributed by atoms with Crippen LogP contribution in [0.5, 0.6) is 5.75 Å². The Kier molecular flexibility index (Phi) is 7.82. The summed E-state index contributed by atoms with van der Waals surface area (Å²) in [4.78, 5) is 25.3. The summed E-state index contributed by atoms with van der Waals surface area (Å²) in [5, 5.41) is 5.82. The van der Waals surface area contributed by atoms with E-state index >= 15 is 0 Å². The van der Waals surface area contributed by atoms with E-state index < -0.39 is 6.10 Å². The zero-order valence-electron chi connectivity index (χ0n) is 17.9. The van der Waals surface area contributed by atoms with Crippen molar-refractivity contribution in [1.29, 1.82) is 0 Å². The minimum absolute atomic E-state index is 0.215. The first kappa shape index (κ1) is 22.1. The third kappa shape index (κ3) is 6.19. The van der Waals surface area contributed by atoms with Crippen molar-refractivity contribution >= 4 is 17.5 Å². The highest BCUT2D eigenvalue weighted by atomic mass is 16.5. The summed E-state index contributed by atoms with van der Waals surface area (Å²) in [7, 11) is 0. The van der Waals surface area contributed by atoms with E-state index in [1.54, 1.807) is 31.2 Å². The topological polar surface area (TPSA) is 67.4 Å². The average molecular weight is 417 g/mol. The van der Waals surface area contributed by atoms with Crippen LogP contribution in [-0.4, -0.2) is 24.5 Å². The molecule has 3 aromatic rings. The first-order chi connectivity index (χ1) is 15.1. The van der Waals surface area contributed by atoms with Gasteiger partial charge in [-0.15, -0.1) is 0 Å². The summed E-state index contributed by atoms with van der Waals surface area (Å²) in [5.74, 6) is 0.104. The second-order valence-electron chi connectivity index (χ2n) is 7.34. The Morgan fingerprint density at radius 2 is 1.48 bits per heavy atom. The first-order valence-electron chi connectivity index (χ1n) is 10.5. The zero-order chi connectivity index (χ0) is 22.1. The lowest BCUT2D eigenvalue weighted by Gasteiger charge is -2.20. The Morgan fingerprint density at radius 3 is 2.16 bits per heavy atom. The fourth-order valence-corrected chi connectivity index (χ4v) is 3.31. The molecule has 0 fully saturated rings. The molecule has 31 heavy (non-hydrogen) atoms. The van der Waals surface area contributed by atoms with E-state index in [0.717, 1.165) is 6.42 Å². The number of carbonyl (C=O) groups excluding carboxylic acids is 2. The van der Waals surface area contributed by atoms with Crippen LogP contribution >= 0.6 is 0 Å². The maximum atomic E-state index is 12.7. The molecule has 0 saturated carbocycles. The number of nitrogens with one attached hydrogen (secondary N) is 2. The molecule has 0 aromatic heterocycles. The van der Waals surface area contributed by atoms with E-state index in [1.807, 2.05) is 48.5 Å². The molecule has 2 N–H and O–H groups in total. The van der Waals surface area contributed by atoms with Crippen LogP contribution in [0.3, 0.4) is 0 Å². The Labute approximate surface area is 183 Å². The van der Waals surface area contributed by atoms with Crippen molar-refractivity contribution in [3.8, 4) is 5.75 Å². The number of amides is 2. The van der Waals surface area contributed by atoms with Gasteiger partial charge in [0.1, 0.15) is 5.75 Å². The summed E-state index contributed by atoms with van der Waals surface area (Å²) >= 11 is 0. The van der Waals surface area contributed by atoms with Crippen molar-refractivity contribution in [3.05, 3.63) is 96.1 Å². The molecule has 0 heterocycles. The number of carbonyl (C=O) groups is 2. The van der Waals surface area contributed by atoms with Crippen molar-refractivity contribution in [3.63, 3.8) is 0 Å². The predicted molar refractivity (Wildman–Crippen MR) is 123 cm³/mol. The molecule has 0 radical (unpaired) electrons. The fraction of sp³-hybridized carbons (Fsp3) is 0.231. The van der Waals surface area contributed by atoms with Gasteiger partial charge in [-0.25, -0.2) is 0 Å². The van der Waals surface area contributed by atoms with Gasteiger partial charge in [0.2, 0.25) is 0 Å². The largest absolute Gasteiger partial charge is 0.480 e. The summed E-state index contributed by atoms with van der Waals surface area (Å²) in [6.45, 7) is 4.32. The van der Waals surface area contributed by atoms with Gasteiger partial charge in [-0.1, -0.05) is 67.6 Å². The van der Waals surface area contributed by atoms with Crippen molar-refractivity contribution in [2.45, 2.75) is 32.3 Å². The Morgan fingerprint density at radius 1 is 0.871 bits per heavy atom. The van der Waals surface area contributed by atoms with Gasteiger partial charge < -0.3 is 15.4 Å². The highest BCUT2D eigenvalue weighted by molar-refractivity contribution is 6.06. The molecule has 3 rings (SSSR count). The highest BCUT2D eigenvalue weighted by Crippen LogP contribution is 2.22. The quantitative estimate of drug-likeness (QED) is 0.515. The van der Waals surface area contributed by atoms with Gasteiger partial charge in [-0.3, -0.25) is 9.59 Å². The summed E-state index contributed by atoms with van der Waals surface area (Å²) in [6.07, 6.45) is 0.182. The van der Waals surface area contributed by atoms with Crippen molar-refractivity contribution in [1.82, 2.24) is 5.32 Å². The number of ether oxygens (including phenoxy) is 1. The minimum Gasteiger partial charge on any atom is -0.480 e. The smallest absolute Gasteiger partial charge is 0.260 e. The SMILES string of the molecule is CC[C@H](CNC(=O)[C@H](C)Oc1ccccc1C(=O)Nc1ccccc1)c1ccccc1. The highest BCUT2D eigenvalue weighted by Gasteiger charge is 2.20. The third-order valence-corrected chi connectivity index (χ3v) is 5.12. The normalized spacial score (nSPS) is 12.5. The lowest BCUT2D eigenvalue weighted by Crippen LogP contribution is -2.38. The molecule has 2 amide bonds. The van der Waals surface area contributed by atoms with Crippen LogP contribution in [-0.2, 0) is 4.79 Å². The maximum absolute atomic E-state index is 12.7. The lowest BCUT2D eigenvalue weighted by atomic mass is 9.96. The molecule has 5 heteroatoms. The van der Waals surface area contributed by atoms with Gasteiger partial charge in [-0.05, 0) is 43.2 Å². The van der Waals surface area contributed by atoms with Crippen LogP contribution in [0.15, 0.2) is 84.9 Å². The molecule has 0 aliphatic carbocycles. The van der Waals surface area contributed by atoms with Crippen molar-refractivity contribution in [2.24, 2.45) is 0 Å². The standard InChI is InChI=1S/C26H28N2O3/c1-3-20(21-12-6-4-7-13-21)18-27-25(29)19(2)31-24-17-11-10-16-23(24)26(30)28-22-14-8-5-9-15-22/h4-17,19-20H,3,18H2,1-2H3,(H,27,29)(H,28,30)/t19-,20+/m0/s1. The summed E-state index contributed by atoms with van der Waals surface area (Å²) < 4.78 is 5.86. The van der Waals surface area contributed by atoms with E-state index in [-0.39, 0.29) is 17.7 Å². The summed E-state index contributed by atoms with van der Waals surface area (Å²) in [5.41, 5.74) is 2.27. The molecule has 0 aliphatic rings. The van der Waals surface area contributed by atoms with Crippen LogP contribution in [0.4, 0.5) is 5.69 Å². The van der Waals surface area contributed by atoms with Gasteiger partial charge in [0.25, 0.3) is 11.8 Å². The van der Waals surface area contributed by atoms with Crippen molar-refractivity contribution < 1.29 is 14.3 Å². The molecule has 5 nitrogen and oxygen atoms in total. The van der Waals surface area contributed by atoms with E-state index in [4.69, 9.17) is 4.74 Å². The van der Waals surface area contributed by atoms with Crippen LogP contribution in [0.2, 0.25) is 0 Å². The molecule has 3 aromatic carbocycles. The van der Waals surface area contributed by atoms with Crippen LogP contribution < -0.4 is 15.4 Å². The van der Waals surface area contributed by atoms with Gasteiger partial charge in [0.15, 0.2) is 6.10 Å². The lowest BCUT2D eigenvalue weighted by molar-refractivity contribution is -0.127. The molecule has 0 spiro atoms. The number of anilines is 1. The number of rotatable bonds is 9. The molecule has 2 atom stereocenters. The van der Waals surface area contributed by atoms with Gasteiger partial charge >= 0.3 is 0 Å². The average Bonchev–Trinajstić information content (AvgIpc) is 2.81. The van der Waals surface area contributed by atoms with Crippen LogP contribution in [0.25, 0.3) is 0 Å². The number of benzene rings is 3. The maximum Gasteiger partial charge on any atom is 0.260 e. The van der Waals surface area contributed by atoms with E-state index in [2.05, 4.69) is 29.7 Å². The first-order valence-corrected chi connectivity index (χ1v) is 10.5. The molecule has 0 unspecified atom stereocenters. The van der Waals surface area contributed by atoms with Crippen LogP contribution in [0, 0.1) is 0 Å². The Hall–Kier alpha value is -3.60. The molecule has 0 bridgehead atoms. The minimum atomic E-state index is -0.737. The monoisotopic (exact) mass is 416 g/mol. The Balaban J connectivity index is 1.61. The molecule has 160 valence electrons. The van der Waals surface area contributed by atoms with Gasteiger partial charge in [-0.2, -0.15) is 0 Å². The van der Waals surface area contributed by atoms with Crippen molar-refractivity contribution in [2.75, 3.05) is 11.9 Å². The van der Waals surface area contributed by atoms with E-state index in [9.17, 15) is 9.59 Å². The second kappa shape index (κ2) is 11.0. The van der Waals surface area contributed by atoms with Gasteiger partial charge in [0.05, 0.1) is 5.56 Å². The van der Waals surface area contributed by atoms with Crippen LogP contribution in [0.1, 0.15) is 42.1 Å². The van der Waals surface area contributed by atoms with E-state index in [0.29, 0.717) is 23.5 Å².